The van der Waals surface area contributed by atoms with Crippen LogP contribution < -0.4 is 4.74 Å². The molecule has 2 aromatic rings. The van der Waals surface area contributed by atoms with E-state index in [0.29, 0.717) is 11.3 Å². The molecule has 7 heteroatoms. The third kappa shape index (κ3) is 4.89. The molecule has 0 saturated heterocycles. The number of rotatable bonds is 6. The predicted octanol–water partition coefficient (Wildman–Crippen LogP) is 2.36. The highest BCUT2D eigenvalue weighted by molar-refractivity contribution is 7.86. The van der Waals surface area contributed by atoms with Crippen LogP contribution in [0.15, 0.2) is 53.4 Å². The molecular formula is C17H18O6S. The molecule has 0 aliphatic heterocycles. The third-order valence-electron chi connectivity index (χ3n) is 3.22. The van der Waals surface area contributed by atoms with Crippen molar-refractivity contribution in [3.63, 3.8) is 0 Å². The third-order valence-corrected chi connectivity index (χ3v) is 4.51. The molecule has 2 rings (SSSR count). The van der Waals surface area contributed by atoms with Crippen molar-refractivity contribution in [3.8, 4) is 5.75 Å². The van der Waals surface area contributed by atoms with Crippen LogP contribution in [0, 0.1) is 6.92 Å². The zero-order valence-electron chi connectivity index (χ0n) is 13.3. The van der Waals surface area contributed by atoms with Crippen LogP contribution in [0.5, 0.6) is 5.75 Å². The molecule has 0 bridgehead atoms. The number of esters is 1. The molecule has 0 fully saturated rings. The fourth-order valence-electron chi connectivity index (χ4n) is 1.95. The Kier molecular flexibility index (Phi) is 5.71. The van der Waals surface area contributed by atoms with E-state index in [1.165, 1.54) is 43.3 Å². The zero-order valence-corrected chi connectivity index (χ0v) is 14.1. The van der Waals surface area contributed by atoms with Gasteiger partial charge in [0.2, 0.25) is 0 Å². The van der Waals surface area contributed by atoms with E-state index in [2.05, 4.69) is 0 Å². The first-order valence-electron chi connectivity index (χ1n) is 7.20. The number of hydrogen-bond acceptors (Lipinski definition) is 6. The fraction of sp³-hybridized carbons (Fsp3) is 0.235. The van der Waals surface area contributed by atoms with Gasteiger partial charge in [-0.15, -0.1) is 0 Å². The minimum Gasteiger partial charge on any atom is -0.427 e. The summed E-state index contributed by atoms with van der Waals surface area (Å²) in [7, 11) is -3.93. The van der Waals surface area contributed by atoms with Crippen molar-refractivity contribution in [1.29, 1.82) is 0 Å². The quantitative estimate of drug-likeness (QED) is 0.489. The van der Waals surface area contributed by atoms with Crippen LogP contribution in [0.25, 0.3) is 0 Å². The lowest BCUT2D eigenvalue weighted by molar-refractivity contribution is -0.131. The van der Waals surface area contributed by atoms with Gasteiger partial charge in [-0.3, -0.25) is 8.98 Å². The first kappa shape index (κ1) is 18.1. The van der Waals surface area contributed by atoms with E-state index >= 15 is 0 Å². The van der Waals surface area contributed by atoms with E-state index in [4.69, 9.17) is 8.92 Å². The minimum absolute atomic E-state index is 0.0329. The molecule has 1 N–H and O–H groups in total. The summed E-state index contributed by atoms with van der Waals surface area (Å²) in [6.45, 7) is 2.72. The van der Waals surface area contributed by atoms with Crippen molar-refractivity contribution in [2.75, 3.05) is 6.61 Å². The van der Waals surface area contributed by atoms with Crippen LogP contribution in [-0.2, 0) is 19.1 Å². The molecule has 0 aromatic heterocycles. The Hall–Kier alpha value is -2.22. The number of aliphatic hydroxyl groups is 1. The summed E-state index contributed by atoms with van der Waals surface area (Å²) in [4.78, 5) is 10.9. The molecule has 128 valence electrons. The summed E-state index contributed by atoms with van der Waals surface area (Å²) in [5.41, 5.74) is 1.38. The lowest BCUT2D eigenvalue weighted by Gasteiger charge is -2.12. The van der Waals surface area contributed by atoms with Crippen molar-refractivity contribution in [2.45, 2.75) is 24.8 Å². The van der Waals surface area contributed by atoms with Crippen LogP contribution in [0.4, 0.5) is 0 Å². The normalized spacial score (nSPS) is 12.6. The molecule has 0 unspecified atom stereocenters. The summed E-state index contributed by atoms with van der Waals surface area (Å²) in [5, 5.41) is 10.1. The van der Waals surface area contributed by atoms with Crippen LogP contribution >= 0.6 is 0 Å². The second-order valence-corrected chi connectivity index (χ2v) is 6.85. The first-order valence-corrected chi connectivity index (χ1v) is 8.61. The summed E-state index contributed by atoms with van der Waals surface area (Å²) in [6, 6.07) is 12.3. The zero-order chi connectivity index (χ0) is 17.7. The minimum atomic E-state index is -3.93. The van der Waals surface area contributed by atoms with Gasteiger partial charge in [-0.25, -0.2) is 0 Å². The van der Waals surface area contributed by atoms with E-state index in [9.17, 15) is 18.3 Å². The lowest BCUT2D eigenvalue weighted by atomic mass is 10.1. The number of benzene rings is 2. The molecular weight excluding hydrogens is 332 g/mol. The number of hydrogen-bond donors (Lipinski definition) is 1. The van der Waals surface area contributed by atoms with E-state index < -0.39 is 28.8 Å². The molecule has 6 nitrogen and oxygen atoms in total. The van der Waals surface area contributed by atoms with Gasteiger partial charge >= 0.3 is 5.97 Å². The van der Waals surface area contributed by atoms with E-state index in [1.807, 2.05) is 6.92 Å². The second-order valence-electron chi connectivity index (χ2n) is 5.23. The molecule has 2 aromatic carbocycles. The van der Waals surface area contributed by atoms with Crippen molar-refractivity contribution >= 4 is 16.1 Å². The summed E-state index contributed by atoms with van der Waals surface area (Å²) < 4.78 is 33.9. The Bertz CT molecular complexity index is 794. The van der Waals surface area contributed by atoms with Gasteiger partial charge in [0.15, 0.2) is 0 Å². The highest BCUT2D eigenvalue weighted by atomic mass is 32.2. The first-order chi connectivity index (χ1) is 11.3. The van der Waals surface area contributed by atoms with Crippen LogP contribution in [0.3, 0.4) is 0 Å². The highest BCUT2D eigenvalue weighted by Gasteiger charge is 2.18. The van der Waals surface area contributed by atoms with Gasteiger partial charge in [-0.2, -0.15) is 8.42 Å². The molecule has 0 aliphatic rings. The van der Waals surface area contributed by atoms with Crippen LogP contribution in [0.1, 0.15) is 24.2 Å². The van der Waals surface area contributed by atoms with Gasteiger partial charge in [0, 0.05) is 6.92 Å². The van der Waals surface area contributed by atoms with Crippen molar-refractivity contribution in [1.82, 2.24) is 0 Å². The molecule has 0 radical (unpaired) electrons. The summed E-state index contributed by atoms with van der Waals surface area (Å²) in [6.07, 6.45) is -1.13. The Balaban J connectivity index is 2.00. The van der Waals surface area contributed by atoms with Crippen molar-refractivity contribution in [2.24, 2.45) is 0 Å². The monoisotopic (exact) mass is 350 g/mol. The Morgan fingerprint density at radius 3 is 2.21 bits per heavy atom. The average Bonchev–Trinajstić information content (AvgIpc) is 2.53. The predicted molar refractivity (Wildman–Crippen MR) is 87.0 cm³/mol. The standard InChI is InChI=1S/C17H18O6S/c1-12-3-9-16(10-4-12)24(20,21)22-11-17(19)14-5-7-15(8-6-14)23-13(2)18/h3-10,17,19H,11H2,1-2H3/t17-/m0/s1. The van der Waals surface area contributed by atoms with E-state index in [0.717, 1.165) is 5.56 Å². The number of ether oxygens (including phenoxy) is 1. The fourth-order valence-corrected chi connectivity index (χ4v) is 2.86. The second kappa shape index (κ2) is 7.57. The molecule has 0 heterocycles. The van der Waals surface area contributed by atoms with Gasteiger partial charge in [-0.05, 0) is 36.8 Å². The smallest absolute Gasteiger partial charge is 0.308 e. The molecule has 24 heavy (non-hydrogen) atoms. The van der Waals surface area contributed by atoms with E-state index in [1.54, 1.807) is 12.1 Å². The molecule has 0 spiro atoms. The maximum atomic E-state index is 12.1. The maximum absolute atomic E-state index is 12.1. The average molecular weight is 350 g/mol. The van der Waals surface area contributed by atoms with Gasteiger partial charge in [0.1, 0.15) is 11.9 Å². The number of carbonyl (C=O) groups is 1. The molecule has 0 aliphatic carbocycles. The van der Waals surface area contributed by atoms with Gasteiger partial charge in [-0.1, -0.05) is 29.8 Å². The summed E-state index contributed by atoms with van der Waals surface area (Å²) in [5.74, 6) is -0.109. The SMILES string of the molecule is CC(=O)Oc1ccc([C@@H](O)COS(=O)(=O)c2ccc(C)cc2)cc1. The Labute approximate surface area is 140 Å². The lowest BCUT2D eigenvalue weighted by Crippen LogP contribution is -2.13. The van der Waals surface area contributed by atoms with Gasteiger partial charge in [0.25, 0.3) is 10.1 Å². The molecule has 1 atom stereocenters. The van der Waals surface area contributed by atoms with Gasteiger partial charge in [0.05, 0.1) is 11.5 Å². The Morgan fingerprint density at radius 1 is 1.08 bits per heavy atom. The largest absolute Gasteiger partial charge is 0.427 e. The molecule has 0 amide bonds. The molecule has 0 saturated carbocycles. The van der Waals surface area contributed by atoms with Crippen molar-refractivity contribution in [3.05, 3.63) is 59.7 Å². The number of aliphatic hydroxyl groups excluding tert-OH is 1. The van der Waals surface area contributed by atoms with Crippen molar-refractivity contribution < 1.29 is 27.2 Å². The maximum Gasteiger partial charge on any atom is 0.308 e. The number of carbonyl (C=O) groups excluding carboxylic acids is 1. The Morgan fingerprint density at radius 2 is 1.67 bits per heavy atom. The van der Waals surface area contributed by atoms with Crippen LogP contribution in [0.2, 0.25) is 0 Å². The summed E-state index contributed by atoms with van der Waals surface area (Å²) >= 11 is 0. The van der Waals surface area contributed by atoms with E-state index in [-0.39, 0.29) is 4.90 Å². The van der Waals surface area contributed by atoms with Gasteiger partial charge < -0.3 is 9.84 Å². The van der Waals surface area contributed by atoms with Crippen LogP contribution in [-0.4, -0.2) is 26.1 Å². The topological polar surface area (TPSA) is 89.9 Å². The number of aryl methyl sites for hydroxylation is 1. The highest BCUT2D eigenvalue weighted by Crippen LogP contribution is 2.20.